The topological polar surface area (TPSA) is 27.7 Å². The molecule has 18 heavy (non-hydrogen) atoms. The van der Waals surface area contributed by atoms with Crippen molar-refractivity contribution in [1.29, 1.82) is 0 Å². The fourth-order valence-electron chi connectivity index (χ4n) is 2.33. The first-order valence-electron chi connectivity index (χ1n) is 6.73. The van der Waals surface area contributed by atoms with Gasteiger partial charge >= 0.3 is 0 Å². The summed E-state index contributed by atoms with van der Waals surface area (Å²) in [7, 11) is 1.67. The standard InChI is InChI=1S/C15H22O3/c1-16-14-6-2-3-7-15(14)18-10-4-5-13-8-11-17-12-9-13/h2-3,6-7,13H,4-5,8-12H2,1H3. The minimum Gasteiger partial charge on any atom is -0.493 e. The Morgan fingerprint density at radius 2 is 1.89 bits per heavy atom. The molecule has 1 aliphatic heterocycles. The van der Waals surface area contributed by atoms with Gasteiger partial charge in [-0.05, 0) is 43.7 Å². The molecule has 1 heterocycles. The van der Waals surface area contributed by atoms with Gasteiger partial charge in [-0.2, -0.15) is 0 Å². The van der Waals surface area contributed by atoms with Crippen molar-refractivity contribution in [3.8, 4) is 11.5 Å². The van der Waals surface area contributed by atoms with Gasteiger partial charge in [0.2, 0.25) is 0 Å². The van der Waals surface area contributed by atoms with Crippen LogP contribution in [0.15, 0.2) is 24.3 Å². The van der Waals surface area contributed by atoms with Crippen molar-refractivity contribution < 1.29 is 14.2 Å². The van der Waals surface area contributed by atoms with E-state index in [4.69, 9.17) is 14.2 Å². The molecular formula is C15H22O3. The summed E-state index contributed by atoms with van der Waals surface area (Å²) in [6.07, 6.45) is 4.74. The van der Waals surface area contributed by atoms with Crippen LogP contribution in [0.4, 0.5) is 0 Å². The van der Waals surface area contributed by atoms with E-state index >= 15 is 0 Å². The average Bonchev–Trinajstić information content (AvgIpc) is 2.45. The molecule has 3 heteroatoms. The summed E-state index contributed by atoms with van der Waals surface area (Å²) in [5, 5.41) is 0. The van der Waals surface area contributed by atoms with Crippen LogP contribution in [0, 0.1) is 5.92 Å². The lowest BCUT2D eigenvalue weighted by Crippen LogP contribution is -2.16. The first kappa shape index (κ1) is 13.2. The van der Waals surface area contributed by atoms with E-state index in [0.29, 0.717) is 0 Å². The molecule has 1 saturated heterocycles. The molecule has 0 saturated carbocycles. The van der Waals surface area contributed by atoms with Gasteiger partial charge in [0.1, 0.15) is 0 Å². The van der Waals surface area contributed by atoms with E-state index in [-0.39, 0.29) is 0 Å². The summed E-state index contributed by atoms with van der Waals surface area (Å²) >= 11 is 0. The second kappa shape index (κ2) is 7.27. The number of hydrogen-bond donors (Lipinski definition) is 0. The maximum absolute atomic E-state index is 5.76. The van der Waals surface area contributed by atoms with Gasteiger partial charge in [-0.15, -0.1) is 0 Å². The highest BCUT2D eigenvalue weighted by Gasteiger charge is 2.13. The molecule has 0 aliphatic carbocycles. The fraction of sp³-hybridized carbons (Fsp3) is 0.600. The summed E-state index contributed by atoms with van der Waals surface area (Å²) < 4.78 is 16.4. The summed E-state index contributed by atoms with van der Waals surface area (Å²) in [4.78, 5) is 0. The zero-order chi connectivity index (χ0) is 12.6. The van der Waals surface area contributed by atoms with Gasteiger partial charge in [-0.1, -0.05) is 12.1 Å². The molecule has 3 nitrogen and oxygen atoms in total. The molecule has 0 atom stereocenters. The van der Waals surface area contributed by atoms with Crippen molar-refractivity contribution in [2.45, 2.75) is 25.7 Å². The van der Waals surface area contributed by atoms with Crippen LogP contribution in [0.3, 0.4) is 0 Å². The Morgan fingerprint density at radius 1 is 1.17 bits per heavy atom. The zero-order valence-corrected chi connectivity index (χ0v) is 11.1. The molecule has 0 unspecified atom stereocenters. The number of ether oxygens (including phenoxy) is 3. The first-order chi connectivity index (χ1) is 8.90. The van der Waals surface area contributed by atoms with Crippen molar-refractivity contribution in [3.05, 3.63) is 24.3 Å². The number of benzene rings is 1. The number of hydrogen-bond acceptors (Lipinski definition) is 3. The van der Waals surface area contributed by atoms with E-state index in [9.17, 15) is 0 Å². The molecule has 2 rings (SSSR count). The maximum Gasteiger partial charge on any atom is 0.161 e. The van der Waals surface area contributed by atoms with Crippen LogP contribution in [-0.4, -0.2) is 26.9 Å². The first-order valence-corrected chi connectivity index (χ1v) is 6.73. The van der Waals surface area contributed by atoms with E-state index in [1.54, 1.807) is 7.11 Å². The highest BCUT2D eigenvalue weighted by atomic mass is 16.5. The average molecular weight is 250 g/mol. The Hall–Kier alpha value is -1.22. The van der Waals surface area contributed by atoms with Gasteiger partial charge in [0, 0.05) is 13.2 Å². The smallest absolute Gasteiger partial charge is 0.161 e. The number of methoxy groups -OCH3 is 1. The van der Waals surface area contributed by atoms with Crippen molar-refractivity contribution in [2.24, 2.45) is 5.92 Å². The largest absolute Gasteiger partial charge is 0.493 e. The van der Waals surface area contributed by atoms with E-state index in [1.165, 1.54) is 19.3 Å². The molecule has 0 radical (unpaired) electrons. The number of para-hydroxylation sites is 2. The van der Waals surface area contributed by atoms with Crippen LogP contribution in [0.2, 0.25) is 0 Å². The molecule has 0 N–H and O–H groups in total. The molecule has 0 aromatic heterocycles. The highest BCUT2D eigenvalue weighted by molar-refractivity contribution is 5.39. The Labute approximate surface area is 109 Å². The predicted molar refractivity (Wildman–Crippen MR) is 71.3 cm³/mol. The van der Waals surface area contributed by atoms with Crippen LogP contribution in [0.25, 0.3) is 0 Å². The van der Waals surface area contributed by atoms with Gasteiger partial charge in [0.15, 0.2) is 11.5 Å². The van der Waals surface area contributed by atoms with Crippen LogP contribution in [0.5, 0.6) is 11.5 Å². The minimum atomic E-state index is 0.762. The molecule has 0 amide bonds. The van der Waals surface area contributed by atoms with Crippen molar-refractivity contribution in [3.63, 3.8) is 0 Å². The summed E-state index contributed by atoms with van der Waals surface area (Å²) in [5.41, 5.74) is 0. The third-order valence-electron chi connectivity index (χ3n) is 3.42. The van der Waals surface area contributed by atoms with Crippen molar-refractivity contribution in [2.75, 3.05) is 26.9 Å². The van der Waals surface area contributed by atoms with Gasteiger partial charge in [0.25, 0.3) is 0 Å². The molecule has 0 spiro atoms. The lowest BCUT2D eigenvalue weighted by atomic mass is 9.95. The van der Waals surface area contributed by atoms with Crippen LogP contribution in [-0.2, 0) is 4.74 Å². The quantitative estimate of drug-likeness (QED) is 0.725. The van der Waals surface area contributed by atoms with E-state index < -0.39 is 0 Å². The predicted octanol–water partition coefficient (Wildman–Crippen LogP) is 3.28. The lowest BCUT2D eigenvalue weighted by Gasteiger charge is -2.21. The summed E-state index contributed by atoms with van der Waals surface area (Å²) in [6.45, 7) is 2.62. The van der Waals surface area contributed by atoms with Gasteiger partial charge in [-0.3, -0.25) is 0 Å². The van der Waals surface area contributed by atoms with E-state index in [2.05, 4.69) is 0 Å². The molecule has 1 aromatic carbocycles. The Kier molecular flexibility index (Phi) is 5.34. The van der Waals surface area contributed by atoms with Gasteiger partial charge < -0.3 is 14.2 Å². The third-order valence-corrected chi connectivity index (χ3v) is 3.42. The lowest BCUT2D eigenvalue weighted by molar-refractivity contribution is 0.0620. The summed E-state index contributed by atoms with van der Waals surface area (Å²) in [5.74, 6) is 2.47. The SMILES string of the molecule is COc1ccccc1OCCCC1CCOCC1. The Morgan fingerprint density at radius 3 is 2.61 bits per heavy atom. The van der Waals surface area contributed by atoms with E-state index in [1.807, 2.05) is 24.3 Å². The monoisotopic (exact) mass is 250 g/mol. The molecule has 1 fully saturated rings. The minimum absolute atomic E-state index is 0.762. The molecule has 0 bridgehead atoms. The number of rotatable bonds is 6. The normalized spacial score (nSPS) is 16.5. The fourth-order valence-corrected chi connectivity index (χ4v) is 2.33. The van der Waals surface area contributed by atoms with Gasteiger partial charge in [-0.25, -0.2) is 0 Å². The Balaban J connectivity index is 1.68. The highest BCUT2D eigenvalue weighted by Crippen LogP contribution is 2.26. The second-order valence-electron chi connectivity index (χ2n) is 4.70. The van der Waals surface area contributed by atoms with Gasteiger partial charge in [0.05, 0.1) is 13.7 Å². The van der Waals surface area contributed by atoms with E-state index in [0.717, 1.165) is 43.7 Å². The van der Waals surface area contributed by atoms with Crippen LogP contribution in [0.1, 0.15) is 25.7 Å². The maximum atomic E-state index is 5.76. The van der Waals surface area contributed by atoms with Crippen LogP contribution >= 0.6 is 0 Å². The summed E-state index contributed by atoms with van der Waals surface area (Å²) in [6, 6.07) is 7.80. The van der Waals surface area contributed by atoms with Crippen molar-refractivity contribution >= 4 is 0 Å². The van der Waals surface area contributed by atoms with Crippen LogP contribution < -0.4 is 9.47 Å². The molecule has 1 aromatic rings. The Bertz CT molecular complexity index is 345. The molecule has 100 valence electrons. The zero-order valence-electron chi connectivity index (χ0n) is 11.1. The molecule has 1 aliphatic rings. The molecular weight excluding hydrogens is 228 g/mol. The van der Waals surface area contributed by atoms with Crippen molar-refractivity contribution in [1.82, 2.24) is 0 Å². The second-order valence-corrected chi connectivity index (χ2v) is 4.70. The third kappa shape index (κ3) is 3.91.